The maximum atomic E-state index is 6.09. The van der Waals surface area contributed by atoms with Gasteiger partial charge < -0.3 is 5.73 Å². The zero-order valence-corrected chi connectivity index (χ0v) is 9.25. The van der Waals surface area contributed by atoms with Gasteiger partial charge in [-0.15, -0.1) is 0 Å². The van der Waals surface area contributed by atoms with Gasteiger partial charge in [0.15, 0.2) is 0 Å². The van der Waals surface area contributed by atoms with E-state index in [-0.39, 0.29) is 0 Å². The van der Waals surface area contributed by atoms with Gasteiger partial charge in [0.05, 0.1) is 0 Å². The van der Waals surface area contributed by atoms with Crippen molar-refractivity contribution >= 4 is 17.6 Å². The predicted molar refractivity (Wildman–Crippen MR) is 61.4 cm³/mol. The van der Waals surface area contributed by atoms with Gasteiger partial charge in [-0.1, -0.05) is 23.7 Å². The number of halogens is 1. The van der Waals surface area contributed by atoms with E-state index in [1.165, 1.54) is 5.56 Å². The Balaban J connectivity index is 2.13. The SMILES string of the molecule is CN=C(N)NN1Cc2cccc(Cl)c2C1. The molecule has 1 aliphatic rings. The van der Waals surface area contributed by atoms with E-state index < -0.39 is 0 Å². The maximum absolute atomic E-state index is 6.09. The Morgan fingerprint density at radius 3 is 3.00 bits per heavy atom. The minimum atomic E-state index is 0.416. The summed E-state index contributed by atoms with van der Waals surface area (Å²) in [5.74, 6) is 0.416. The van der Waals surface area contributed by atoms with Crippen molar-refractivity contribution in [2.45, 2.75) is 13.1 Å². The van der Waals surface area contributed by atoms with E-state index in [4.69, 9.17) is 17.3 Å². The molecule has 1 aromatic carbocycles. The van der Waals surface area contributed by atoms with Gasteiger partial charge in [0.25, 0.3) is 0 Å². The molecule has 0 aromatic heterocycles. The number of nitrogens with two attached hydrogens (primary N) is 1. The highest BCUT2D eigenvalue weighted by Gasteiger charge is 2.20. The van der Waals surface area contributed by atoms with Gasteiger partial charge in [0.2, 0.25) is 5.96 Å². The summed E-state index contributed by atoms with van der Waals surface area (Å²) >= 11 is 6.09. The molecule has 5 heteroatoms. The first-order chi connectivity index (χ1) is 7.20. The molecule has 0 spiro atoms. The monoisotopic (exact) mass is 224 g/mol. The first kappa shape index (κ1) is 10.3. The zero-order chi connectivity index (χ0) is 10.8. The van der Waals surface area contributed by atoms with Crippen LogP contribution in [0.5, 0.6) is 0 Å². The van der Waals surface area contributed by atoms with E-state index in [1.807, 2.05) is 17.1 Å². The van der Waals surface area contributed by atoms with Gasteiger partial charge in [0, 0.05) is 25.2 Å². The van der Waals surface area contributed by atoms with Crippen LogP contribution in [0, 0.1) is 0 Å². The highest BCUT2D eigenvalue weighted by atomic mass is 35.5. The molecule has 0 fully saturated rings. The van der Waals surface area contributed by atoms with Crippen molar-refractivity contribution in [3.63, 3.8) is 0 Å². The topological polar surface area (TPSA) is 53.6 Å². The van der Waals surface area contributed by atoms with Crippen LogP contribution < -0.4 is 11.2 Å². The minimum Gasteiger partial charge on any atom is -0.369 e. The van der Waals surface area contributed by atoms with Crippen molar-refractivity contribution in [1.29, 1.82) is 0 Å². The molecular weight excluding hydrogens is 212 g/mol. The number of nitrogens with one attached hydrogen (secondary N) is 1. The Hall–Kier alpha value is -1.26. The van der Waals surface area contributed by atoms with Crippen molar-refractivity contribution in [1.82, 2.24) is 10.4 Å². The molecule has 2 rings (SSSR count). The molecule has 1 aromatic rings. The summed E-state index contributed by atoms with van der Waals surface area (Å²) in [6.07, 6.45) is 0. The minimum absolute atomic E-state index is 0.416. The normalized spacial score (nSPS) is 16.5. The van der Waals surface area contributed by atoms with Gasteiger partial charge >= 0.3 is 0 Å². The van der Waals surface area contributed by atoms with Crippen LogP contribution in [0.1, 0.15) is 11.1 Å². The molecule has 1 aliphatic heterocycles. The van der Waals surface area contributed by atoms with Crippen LogP contribution >= 0.6 is 11.6 Å². The summed E-state index contributed by atoms with van der Waals surface area (Å²) in [7, 11) is 1.65. The molecule has 0 atom stereocenters. The summed E-state index contributed by atoms with van der Waals surface area (Å²) in [6.45, 7) is 1.55. The van der Waals surface area contributed by atoms with E-state index in [9.17, 15) is 0 Å². The number of benzene rings is 1. The highest BCUT2D eigenvalue weighted by Crippen LogP contribution is 2.27. The predicted octanol–water partition coefficient (Wildman–Crippen LogP) is 1.10. The molecule has 0 saturated carbocycles. The molecule has 0 saturated heterocycles. The molecule has 0 amide bonds. The van der Waals surface area contributed by atoms with E-state index in [0.29, 0.717) is 5.96 Å². The number of hydrogen-bond acceptors (Lipinski definition) is 2. The smallest absolute Gasteiger partial charge is 0.203 e. The number of rotatable bonds is 1. The van der Waals surface area contributed by atoms with Gasteiger partial charge in [0.1, 0.15) is 0 Å². The molecule has 80 valence electrons. The number of nitrogens with zero attached hydrogens (tertiary/aromatic N) is 2. The first-order valence-corrected chi connectivity index (χ1v) is 5.08. The zero-order valence-electron chi connectivity index (χ0n) is 8.50. The van der Waals surface area contributed by atoms with Crippen molar-refractivity contribution in [2.75, 3.05) is 7.05 Å². The van der Waals surface area contributed by atoms with Crippen molar-refractivity contribution in [3.05, 3.63) is 34.3 Å². The second kappa shape index (κ2) is 4.08. The third kappa shape index (κ3) is 2.06. The largest absolute Gasteiger partial charge is 0.369 e. The lowest BCUT2D eigenvalue weighted by Crippen LogP contribution is -2.42. The average molecular weight is 225 g/mol. The van der Waals surface area contributed by atoms with E-state index >= 15 is 0 Å². The lowest BCUT2D eigenvalue weighted by Gasteiger charge is -2.16. The average Bonchev–Trinajstić information content (AvgIpc) is 2.62. The van der Waals surface area contributed by atoms with E-state index in [2.05, 4.69) is 16.5 Å². The lowest BCUT2D eigenvalue weighted by molar-refractivity contribution is 0.241. The lowest BCUT2D eigenvalue weighted by atomic mass is 10.1. The fourth-order valence-electron chi connectivity index (χ4n) is 1.67. The van der Waals surface area contributed by atoms with E-state index in [0.717, 1.165) is 23.7 Å². The number of hydrazine groups is 1. The first-order valence-electron chi connectivity index (χ1n) is 4.71. The van der Waals surface area contributed by atoms with Crippen molar-refractivity contribution in [2.24, 2.45) is 10.7 Å². The molecule has 0 aliphatic carbocycles. The van der Waals surface area contributed by atoms with Crippen LogP contribution in [-0.4, -0.2) is 18.0 Å². The van der Waals surface area contributed by atoms with Crippen LogP contribution in [0.15, 0.2) is 23.2 Å². The summed E-state index contributed by atoms with van der Waals surface area (Å²) in [5.41, 5.74) is 11.0. The third-order valence-electron chi connectivity index (χ3n) is 2.44. The molecule has 0 bridgehead atoms. The quantitative estimate of drug-likeness (QED) is 0.555. The van der Waals surface area contributed by atoms with Crippen LogP contribution in [0.3, 0.4) is 0 Å². The second-order valence-corrected chi connectivity index (χ2v) is 3.86. The fourth-order valence-corrected chi connectivity index (χ4v) is 1.93. The van der Waals surface area contributed by atoms with E-state index in [1.54, 1.807) is 7.05 Å². The fraction of sp³-hybridized carbons (Fsp3) is 0.300. The van der Waals surface area contributed by atoms with Crippen LogP contribution in [0.2, 0.25) is 5.02 Å². The molecule has 15 heavy (non-hydrogen) atoms. The number of aliphatic imine (C=N–C) groups is 1. The highest BCUT2D eigenvalue weighted by molar-refractivity contribution is 6.31. The Bertz CT molecular complexity index is 402. The summed E-state index contributed by atoms with van der Waals surface area (Å²) in [5, 5.41) is 2.79. The Kier molecular flexibility index (Phi) is 2.79. The summed E-state index contributed by atoms with van der Waals surface area (Å²) in [6, 6.07) is 5.94. The number of fused-ring (bicyclic) bond motifs is 1. The summed E-state index contributed by atoms with van der Waals surface area (Å²) < 4.78 is 0. The Morgan fingerprint density at radius 1 is 1.53 bits per heavy atom. The van der Waals surface area contributed by atoms with Gasteiger partial charge in [-0.25, -0.2) is 5.01 Å². The second-order valence-electron chi connectivity index (χ2n) is 3.45. The Morgan fingerprint density at radius 2 is 2.33 bits per heavy atom. The molecule has 0 radical (unpaired) electrons. The van der Waals surface area contributed by atoms with Gasteiger partial charge in [-0.3, -0.25) is 10.4 Å². The van der Waals surface area contributed by atoms with Gasteiger partial charge in [-0.05, 0) is 17.2 Å². The van der Waals surface area contributed by atoms with Gasteiger partial charge in [-0.2, -0.15) is 0 Å². The maximum Gasteiger partial charge on any atom is 0.203 e. The van der Waals surface area contributed by atoms with Crippen molar-refractivity contribution < 1.29 is 0 Å². The molecule has 1 heterocycles. The van der Waals surface area contributed by atoms with Crippen molar-refractivity contribution in [3.8, 4) is 0 Å². The molecule has 4 nitrogen and oxygen atoms in total. The Labute approximate surface area is 93.7 Å². The standard InChI is InChI=1S/C10H13ClN4/c1-13-10(12)14-15-5-7-3-2-4-9(11)8(7)6-15/h2-4H,5-6H2,1H3,(H3,12,13,14). The number of hydrogen-bond donors (Lipinski definition) is 2. The molecular formula is C10H13ClN4. The molecule has 0 unspecified atom stereocenters. The van der Waals surface area contributed by atoms with Crippen LogP contribution in [0.4, 0.5) is 0 Å². The number of guanidine groups is 1. The van der Waals surface area contributed by atoms with Crippen LogP contribution in [0.25, 0.3) is 0 Å². The van der Waals surface area contributed by atoms with Crippen LogP contribution in [-0.2, 0) is 13.1 Å². The molecule has 3 N–H and O–H groups in total. The summed E-state index contributed by atoms with van der Waals surface area (Å²) in [4.78, 5) is 3.85. The third-order valence-corrected chi connectivity index (χ3v) is 2.79.